The number of nitrogens with zero attached hydrogens (tertiary/aromatic N) is 2. The third-order valence-corrected chi connectivity index (χ3v) is 3.30. The number of hydrogen-bond donors (Lipinski definition) is 3. The van der Waals surface area contributed by atoms with Gasteiger partial charge in [0.2, 0.25) is 0 Å². The van der Waals surface area contributed by atoms with Gasteiger partial charge in [0.25, 0.3) is 5.69 Å². The number of para-hydroxylation sites is 2. The molecule has 0 atom stereocenters. The number of nitro groups is 1. The summed E-state index contributed by atoms with van der Waals surface area (Å²) in [7, 11) is 1.69. The summed E-state index contributed by atoms with van der Waals surface area (Å²) in [5.41, 5.74) is 0.573. The second kappa shape index (κ2) is 9.19. The topological polar surface area (TPSA) is 105 Å². The molecule has 0 saturated heterocycles. The van der Waals surface area contributed by atoms with Crippen molar-refractivity contribution in [1.29, 1.82) is 0 Å². The van der Waals surface area contributed by atoms with Gasteiger partial charge in [-0.2, -0.15) is 0 Å². The quantitative estimate of drug-likeness (QED) is 0.225. The van der Waals surface area contributed by atoms with E-state index in [0.717, 1.165) is 12.2 Å². The Kier molecular flexibility index (Phi) is 6.63. The van der Waals surface area contributed by atoms with E-state index >= 15 is 0 Å². The average Bonchev–Trinajstić information content (AvgIpc) is 3.10. The highest BCUT2D eigenvalue weighted by Gasteiger charge is 2.11. The zero-order valence-electron chi connectivity index (χ0n) is 13.5. The smallest absolute Gasteiger partial charge is 0.292 e. The Hall–Kier alpha value is -3.03. The maximum Gasteiger partial charge on any atom is 0.292 e. The predicted octanol–water partition coefficient (Wildman–Crippen LogP) is 2.01. The van der Waals surface area contributed by atoms with Crippen molar-refractivity contribution in [3.63, 3.8) is 0 Å². The molecule has 0 fully saturated rings. The van der Waals surface area contributed by atoms with E-state index in [1.54, 1.807) is 31.5 Å². The van der Waals surface area contributed by atoms with Gasteiger partial charge in [0, 0.05) is 39.2 Å². The van der Waals surface area contributed by atoms with Crippen LogP contribution in [0.4, 0.5) is 11.4 Å². The van der Waals surface area contributed by atoms with Gasteiger partial charge in [-0.1, -0.05) is 12.1 Å². The number of anilines is 1. The van der Waals surface area contributed by atoms with E-state index in [4.69, 9.17) is 4.42 Å². The van der Waals surface area contributed by atoms with Crippen molar-refractivity contribution in [1.82, 2.24) is 10.6 Å². The van der Waals surface area contributed by atoms with Gasteiger partial charge >= 0.3 is 0 Å². The van der Waals surface area contributed by atoms with Crippen molar-refractivity contribution in [2.45, 2.75) is 6.42 Å². The minimum atomic E-state index is -0.398. The maximum absolute atomic E-state index is 10.9. The number of nitro benzene ring substituents is 1. The Balaban J connectivity index is 1.69. The third kappa shape index (κ3) is 5.31. The van der Waals surface area contributed by atoms with Crippen LogP contribution in [0.25, 0.3) is 0 Å². The van der Waals surface area contributed by atoms with Crippen LogP contribution in [0.5, 0.6) is 0 Å². The van der Waals surface area contributed by atoms with Gasteiger partial charge in [-0.25, -0.2) is 0 Å². The van der Waals surface area contributed by atoms with Crippen molar-refractivity contribution in [2.24, 2.45) is 4.99 Å². The highest BCUT2D eigenvalue weighted by Crippen LogP contribution is 2.22. The predicted molar refractivity (Wildman–Crippen MR) is 93.4 cm³/mol. The molecule has 8 nitrogen and oxygen atoms in total. The summed E-state index contributed by atoms with van der Waals surface area (Å²) in [6.07, 6.45) is 2.42. The molecule has 0 aliphatic heterocycles. The van der Waals surface area contributed by atoms with Crippen LogP contribution < -0.4 is 16.0 Å². The molecule has 1 aromatic carbocycles. The molecular weight excluding hydrogens is 310 g/mol. The van der Waals surface area contributed by atoms with Gasteiger partial charge in [0.1, 0.15) is 11.4 Å². The second-order valence-corrected chi connectivity index (χ2v) is 4.96. The van der Waals surface area contributed by atoms with Gasteiger partial charge in [-0.3, -0.25) is 15.1 Å². The lowest BCUT2D eigenvalue weighted by Crippen LogP contribution is -2.40. The Bertz CT molecular complexity index is 670. The zero-order valence-corrected chi connectivity index (χ0v) is 13.5. The maximum atomic E-state index is 10.9. The van der Waals surface area contributed by atoms with Crippen molar-refractivity contribution in [2.75, 3.05) is 32.0 Å². The fourth-order valence-corrected chi connectivity index (χ4v) is 2.14. The van der Waals surface area contributed by atoms with Gasteiger partial charge in [-0.05, 0) is 18.2 Å². The molecule has 0 radical (unpaired) electrons. The Morgan fingerprint density at radius 2 is 1.96 bits per heavy atom. The standard InChI is InChI=1S/C16H21N5O3/c1-17-16(19-9-8-13-5-4-12-24-13)20-11-10-18-14-6-2-3-7-15(14)21(22)23/h2-7,12,18H,8-11H2,1H3,(H2,17,19,20). The van der Waals surface area contributed by atoms with Gasteiger partial charge in [-0.15, -0.1) is 0 Å². The van der Waals surface area contributed by atoms with Gasteiger partial charge < -0.3 is 20.4 Å². The monoisotopic (exact) mass is 331 g/mol. The molecule has 0 unspecified atom stereocenters. The van der Waals surface area contributed by atoms with Crippen molar-refractivity contribution >= 4 is 17.3 Å². The molecule has 0 aliphatic rings. The van der Waals surface area contributed by atoms with E-state index in [1.807, 2.05) is 12.1 Å². The summed E-state index contributed by atoms with van der Waals surface area (Å²) in [6, 6.07) is 10.4. The van der Waals surface area contributed by atoms with E-state index < -0.39 is 4.92 Å². The number of benzene rings is 1. The number of furan rings is 1. The highest BCUT2D eigenvalue weighted by atomic mass is 16.6. The number of nitrogens with one attached hydrogen (secondary N) is 3. The summed E-state index contributed by atoms with van der Waals surface area (Å²) >= 11 is 0. The van der Waals surface area contributed by atoms with Crippen molar-refractivity contribution < 1.29 is 9.34 Å². The zero-order chi connectivity index (χ0) is 17.2. The largest absolute Gasteiger partial charge is 0.469 e. The summed E-state index contributed by atoms with van der Waals surface area (Å²) in [5.74, 6) is 1.59. The number of guanidine groups is 1. The summed E-state index contributed by atoms with van der Waals surface area (Å²) in [6.45, 7) is 1.81. The second-order valence-electron chi connectivity index (χ2n) is 4.96. The number of rotatable bonds is 8. The Morgan fingerprint density at radius 1 is 1.17 bits per heavy atom. The van der Waals surface area contributed by atoms with E-state index in [9.17, 15) is 10.1 Å². The molecule has 0 amide bonds. The molecule has 0 bridgehead atoms. The van der Waals surface area contributed by atoms with Crippen LogP contribution in [0.3, 0.4) is 0 Å². The van der Waals surface area contributed by atoms with E-state index in [-0.39, 0.29) is 5.69 Å². The average molecular weight is 331 g/mol. The molecule has 0 spiro atoms. The molecule has 1 heterocycles. The van der Waals surface area contributed by atoms with Crippen molar-refractivity contribution in [3.8, 4) is 0 Å². The first kappa shape index (κ1) is 17.3. The summed E-state index contributed by atoms with van der Waals surface area (Å²) in [4.78, 5) is 14.7. The normalized spacial score (nSPS) is 11.1. The lowest BCUT2D eigenvalue weighted by molar-refractivity contribution is -0.384. The Labute approximate surface area is 140 Å². The number of hydrogen-bond acceptors (Lipinski definition) is 5. The summed E-state index contributed by atoms with van der Waals surface area (Å²) in [5, 5.41) is 20.3. The minimum Gasteiger partial charge on any atom is -0.469 e. The van der Waals surface area contributed by atoms with E-state index in [0.29, 0.717) is 31.3 Å². The molecule has 1 aromatic heterocycles. The van der Waals surface area contributed by atoms with Crippen LogP contribution in [0, 0.1) is 10.1 Å². The van der Waals surface area contributed by atoms with Crippen LogP contribution >= 0.6 is 0 Å². The molecule has 2 aromatic rings. The fraction of sp³-hybridized carbons (Fsp3) is 0.312. The molecule has 0 saturated carbocycles. The molecule has 2 rings (SSSR count). The van der Waals surface area contributed by atoms with Crippen LogP contribution in [0.15, 0.2) is 52.1 Å². The van der Waals surface area contributed by atoms with Crippen LogP contribution in [0.2, 0.25) is 0 Å². The fourth-order valence-electron chi connectivity index (χ4n) is 2.14. The highest BCUT2D eigenvalue weighted by molar-refractivity contribution is 5.79. The van der Waals surface area contributed by atoms with Crippen molar-refractivity contribution in [3.05, 3.63) is 58.5 Å². The minimum absolute atomic E-state index is 0.0680. The van der Waals surface area contributed by atoms with Gasteiger partial charge in [0.15, 0.2) is 5.96 Å². The molecule has 8 heteroatoms. The van der Waals surface area contributed by atoms with Crippen LogP contribution in [0.1, 0.15) is 5.76 Å². The molecule has 128 valence electrons. The molecular formula is C16H21N5O3. The molecule has 0 aliphatic carbocycles. The lowest BCUT2D eigenvalue weighted by atomic mass is 10.2. The lowest BCUT2D eigenvalue weighted by Gasteiger charge is -2.12. The SMILES string of the molecule is CN=C(NCCNc1ccccc1[N+](=O)[O-])NCCc1ccco1. The van der Waals surface area contributed by atoms with E-state index in [1.165, 1.54) is 6.07 Å². The first-order chi connectivity index (χ1) is 11.7. The number of aliphatic imine (C=N–C) groups is 1. The van der Waals surface area contributed by atoms with Crippen LogP contribution in [-0.4, -0.2) is 37.6 Å². The van der Waals surface area contributed by atoms with Gasteiger partial charge in [0.05, 0.1) is 11.2 Å². The first-order valence-electron chi connectivity index (χ1n) is 7.65. The molecule has 3 N–H and O–H groups in total. The third-order valence-electron chi connectivity index (χ3n) is 3.30. The van der Waals surface area contributed by atoms with Crippen LogP contribution in [-0.2, 0) is 6.42 Å². The van der Waals surface area contributed by atoms with E-state index in [2.05, 4.69) is 20.9 Å². The first-order valence-corrected chi connectivity index (χ1v) is 7.65. The summed E-state index contributed by atoms with van der Waals surface area (Å²) < 4.78 is 5.26. The molecule has 24 heavy (non-hydrogen) atoms. The Morgan fingerprint density at radius 3 is 2.67 bits per heavy atom.